The standard InChI is InChI=1S/C22H22N2O3/c1-15-6-8-16(9-7-15)21(18-5-4-12-23-14-18)24-22(25)17-10-11-19(26-2)20(13-17)27-3/h4-14,21H,1-3H3,(H,24,25)/t21-/m0/s1. The van der Waals surface area contributed by atoms with Crippen molar-refractivity contribution in [1.82, 2.24) is 10.3 Å². The maximum absolute atomic E-state index is 12.9. The van der Waals surface area contributed by atoms with Crippen molar-refractivity contribution in [1.29, 1.82) is 0 Å². The summed E-state index contributed by atoms with van der Waals surface area (Å²) in [6, 6.07) is 16.7. The highest BCUT2D eigenvalue weighted by Gasteiger charge is 2.19. The Morgan fingerprint density at radius 3 is 2.33 bits per heavy atom. The van der Waals surface area contributed by atoms with Crippen molar-refractivity contribution in [3.05, 3.63) is 89.2 Å². The normalized spacial score (nSPS) is 11.5. The molecule has 138 valence electrons. The number of ether oxygens (including phenoxy) is 2. The van der Waals surface area contributed by atoms with E-state index < -0.39 is 0 Å². The van der Waals surface area contributed by atoms with Gasteiger partial charge in [0.25, 0.3) is 5.91 Å². The van der Waals surface area contributed by atoms with Crippen LogP contribution in [0.2, 0.25) is 0 Å². The van der Waals surface area contributed by atoms with Gasteiger partial charge in [-0.05, 0) is 42.3 Å². The summed E-state index contributed by atoms with van der Waals surface area (Å²) in [5, 5.41) is 3.10. The number of aryl methyl sites for hydroxylation is 1. The van der Waals surface area contributed by atoms with Crippen molar-refractivity contribution < 1.29 is 14.3 Å². The molecular formula is C22H22N2O3. The van der Waals surface area contributed by atoms with E-state index in [9.17, 15) is 4.79 Å². The second-order valence-corrected chi connectivity index (χ2v) is 6.17. The second-order valence-electron chi connectivity index (χ2n) is 6.17. The molecule has 0 unspecified atom stereocenters. The maximum atomic E-state index is 12.9. The zero-order valence-corrected chi connectivity index (χ0v) is 15.6. The first-order valence-electron chi connectivity index (χ1n) is 8.61. The molecule has 0 saturated heterocycles. The van der Waals surface area contributed by atoms with E-state index in [1.165, 1.54) is 0 Å². The third kappa shape index (κ3) is 4.26. The van der Waals surface area contributed by atoms with E-state index in [-0.39, 0.29) is 11.9 Å². The molecule has 1 amide bonds. The highest BCUT2D eigenvalue weighted by Crippen LogP contribution is 2.28. The number of nitrogens with one attached hydrogen (secondary N) is 1. The lowest BCUT2D eigenvalue weighted by Gasteiger charge is -2.20. The molecule has 5 heteroatoms. The average molecular weight is 362 g/mol. The molecule has 27 heavy (non-hydrogen) atoms. The Bertz CT molecular complexity index is 909. The number of methoxy groups -OCH3 is 2. The van der Waals surface area contributed by atoms with Gasteiger partial charge in [-0.15, -0.1) is 0 Å². The van der Waals surface area contributed by atoms with E-state index in [4.69, 9.17) is 9.47 Å². The molecule has 2 aromatic carbocycles. The summed E-state index contributed by atoms with van der Waals surface area (Å²) in [6.07, 6.45) is 3.48. The number of hydrogen-bond acceptors (Lipinski definition) is 4. The molecule has 0 aliphatic carbocycles. The number of nitrogens with zero attached hydrogens (tertiary/aromatic N) is 1. The van der Waals surface area contributed by atoms with Gasteiger partial charge in [0.15, 0.2) is 11.5 Å². The Hall–Kier alpha value is -3.34. The van der Waals surface area contributed by atoms with Gasteiger partial charge in [0, 0.05) is 18.0 Å². The summed E-state index contributed by atoms with van der Waals surface area (Å²) in [7, 11) is 3.11. The van der Waals surface area contributed by atoms with Gasteiger partial charge in [-0.3, -0.25) is 9.78 Å². The van der Waals surface area contributed by atoms with Gasteiger partial charge in [-0.2, -0.15) is 0 Å². The Morgan fingerprint density at radius 2 is 1.70 bits per heavy atom. The number of amides is 1. The summed E-state index contributed by atoms with van der Waals surface area (Å²) in [5.74, 6) is 0.889. The molecule has 0 aliphatic rings. The van der Waals surface area contributed by atoms with Crippen molar-refractivity contribution in [2.75, 3.05) is 14.2 Å². The van der Waals surface area contributed by atoms with Gasteiger partial charge in [-0.1, -0.05) is 35.9 Å². The lowest BCUT2D eigenvalue weighted by molar-refractivity contribution is 0.0942. The number of pyridine rings is 1. The van der Waals surface area contributed by atoms with Crippen LogP contribution in [0.4, 0.5) is 0 Å². The molecule has 0 spiro atoms. The molecule has 0 bridgehead atoms. The first kappa shape index (κ1) is 18.5. The Balaban J connectivity index is 1.92. The Morgan fingerprint density at radius 1 is 0.963 bits per heavy atom. The molecule has 1 heterocycles. The minimum atomic E-state index is -0.306. The van der Waals surface area contributed by atoms with Crippen molar-refractivity contribution in [2.45, 2.75) is 13.0 Å². The SMILES string of the molecule is COc1ccc(C(=O)N[C@@H](c2ccc(C)cc2)c2cccnc2)cc1OC. The minimum Gasteiger partial charge on any atom is -0.493 e. The van der Waals surface area contributed by atoms with Crippen LogP contribution in [0, 0.1) is 6.92 Å². The zero-order valence-electron chi connectivity index (χ0n) is 15.6. The van der Waals surface area contributed by atoms with Crippen LogP contribution in [-0.4, -0.2) is 25.1 Å². The summed E-state index contributed by atoms with van der Waals surface area (Å²) < 4.78 is 10.5. The topological polar surface area (TPSA) is 60.5 Å². The van der Waals surface area contributed by atoms with Crippen molar-refractivity contribution >= 4 is 5.91 Å². The van der Waals surface area contributed by atoms with Crippen molar-refractivity contribution in [2.24, 2.45) is 0 Å². The molecule has 1 atom stereocenters. The van der Waals surface area contributed by atoms with E-state index >= 15 is 0 Å². The summed E-state index contributed by atoms with van der Waals surface area (Å²) >= 11 is 0. The van der Waals surface area contributed by atoms with Gasteiger partial charge >= 0.3 is 0 Å². The molecule has 5 nitrogen and oxygen atoms in total. The lowest BCUT2D eigenvalue weighted by atomic mass is 9.98. The van der Waals surface area contributed by atoms with Crippen LogP contribution < -0.4 is 14.8 Å². The summed E-state index contributed by atoms with van der Waals surface area (Å²) in [4.78, 5) is 17.1. The number of carbonyl (C=O) groups is 1. The summed E-state index contributed by atoms with van der Waals surface area (Å²) in [6.45, 7) is 2.03. The van der Waals surface area contributed by atoms with Gasteiger partial charge in [0.05, 0.1) is 20.3 Å². The summed E-state index contributed by atoms with van der Waals surface area (Å²) in [5.41, 5.74) is 3.56. The first-order valence-corrected chi connectivity index (χ1v) is 8.61. The second kappa shape index (κ2) is 8.36. The predicted octanol–water partition coefficient (Wildman–Crippen LogP) is 3.93. The molecular weight excluding hydrogens is 340 g/mol. The van der Waals surface area contributed by atoms with Gasteiger partial charge in [0.1, 0.15) is 0 Å². The highest BCUT2D eigenvalue weighted by molar-refractivity contribution is 5.95. The maximum Gasteiger partial charge on any atom is 0.252 e. The number of aromatic nitrogens is 1. The molecule has 3 rings (SSSR count). The fraction of sp³-hybridized carbons (Fsp3) is 0.182. The highest BCUT2D eigenvalue weighted by atomic mass is 16.5. The molecule has 1 aromatic heterocycles. The van der Waals surface area contributed by atoms with Crippen LogP contribution in [0.5, 0.6) is 11.5 Å². The van der Waals surface area contributed by atoms with E-state index in [0.717, 1.165) is 16.7 Å². The van der Waals surface area contributed by atoms with Crippen molar-refractivity contribution in [3.8, 4) is 11.5 Å². The van der Waals surface area contributed by atoms with Crippen LogP contribution in [0.25, 0.3) is 0 Å². The van der Waals surface area contributed by atoms with E-state index in [2.05, 4.69) is 10.3 Å². The first-order chi connectivity index (χ1) is 13.1. The monoisotopic (exact) mass is 362 g/mol. The zero-order chi connectivity index (χ0) is 19.2. The van der Waals surface area contributed by atoms with Crippen LogP contribution in [0.1, 0.15) is 33.1 Å². The van der Waals surface area contributed by atoms with E-state index in [1.54, 1.807) is 44.8 Å². The van der Waals surface area contributed by atoms with E-state index in [1.807, 2.05) is 43.3 Å². The molecule has 0 fully saturated rings. The molecule has 0 aliphatic heterocycles. The average Bonchev–Trinajstić information content (AvgIpc) is 2.72. The Kier molecular flexibility index (Phi) is 5.71. The third-order valence-corrected chi connectivity index (χ3v) is 4.35. The van der Waals surface area contributed by atoms with E-state index in [0.29, 0.717) is 17.1 Å². The fourth-order valence-corrected chi connectivity index (χ4v) is 2.86. The van der Waals surface area contributed by atoms with Gasteiger partial charge in [-0.25, -0.2) is 0 Å². The quantitative estimate of drug-likeness (QED) is 0.722. The lowest BCUT2D eigenvalue weighted by Crippen LogP contribution is -2.29. The van der Waals surface area contributed by atoms with Crippen LogP contribution >= 0.6 is 0 Å². The third-order valence-electron chi connectivity index (χ3n) is 4.35. The number of rotatable bonds is 6. The molecule has 3 aromatic rings. The van der Waals surface area contributed by atoms with Crippen LogP contribution in [-0.2, 0) is 0 Å². The number of hydrogen-bond donors (Lipinski definition) is 1. The van der Waals surface area contributed by atoms with Crippen molar-refractivity contribution in [3.63, 3.8) is 0 Å². The number of benzene rings is 2. The minimum absolute atomic E-state index is 0.203. The van der Waals surface area contributed by atoms with Gasteiger partial charge in [0.2, 0.25) is 0 Å². The molecule has 0 radical (unpaired) electrons. The molecule has 0 saturated carbocycles. The molecule has 1 N–H and O–H groups in total. The Labute approximate surface area is 159 Å². The number of carbonyl (C=O) groups excluding carboxylic acids is 1. The smallest absolute Gasteiger partial charge is 0.252 e. The largest absolute Gasteiger partial charge is 0.493 e. The fourth-order valence-electron chi connectivity index (χ4n) is 2.86. The van der Waals surface area contributed by atoms with Crippen LogP contribution in [0.3, 0.4) is 0 Å². The predicted molar refractivity (Wildman–Crippen MR) is 104 cm³/mol. The van der Waals surface area contributed by atoms with Crippen LogP contribution in [0.15, 0.2) is 67.0 Å². The van der Waals surface area contributed by atoms with Gasteiger partial charge < -0.3 is 14.8 Å².